The molecule has 1 unspecified atom stereocenters. The third-order valence-corrected chi connectivity index (χ3v) is 9.91. The summed E-state index contributed by atoms with van der Waals surface area (Å²) >= 11 is 0. The first-order valence-corrected chi connectivity index (χ1v) is 17.4. The number of nitrogens with zero attached hydrogens (tertiary/aromatic N) is 4. The van der Waals surface area contributed by atoms with Crippen molar-refractivity contribution < 1.29 is 8.97 Å². The maximum Gasteiger partial charge on any atom is 0.0963 e. The highest BCUT2D eigenvalue weighted by molar-refractivity contribution is 5.48. The number of quaternary nitrogens is 2. The Balaban J connectivity index is 0.000000247. The normalized spacial score (nSPS) is 18.9. The molecule has 2 saturated heterocycles. The van der Waals surface area contributed by atoms with Gasteiger partial charge in [0, 0.05) is 17.3 Å². The van der Waals surface area contributed by atoms with Crippen molar-refractivity contribution in [1.82, 2.24) is 0 Å². The second-order valence-corrected chi connectivity index (χ2v) is 14.7. The van der Waals surface area contributed by atoms with Gasteiger partial charge in [-0.25, -0.2) is 0 Å². The van der Waals surface area contributed by atoms with Gasteiger partial charge in [0.25, 0.3) is 0 Å². The van der Waals surface area contributed by atoms with Crippen LogP contribution in [-0.4, -0.2) is 88.5 Å². The molecule has 0 aromatic heterocycles. The summed E-state index contributed by atoms with van der Waals surface area (Å²) in [5, 5.41) is 0. The van der Waals surface area contributed by atoms with E-state index in [9.17, 15) is 0 Å². The zero-order valence-electron chi connectivity index (χ0n) is 28.9. The van der Waals surface area contributed by atoms with E-state index in [2.05, 4.69) is 114 Å². The van der Waals surface area contributed by atoms with Crippen LogP contribution in [0.3, 0.4) is 0 Å². The highest BCUT2D eigenvalue weighted by Crippen LogP contribution is 2.23. The van der Waals surface area contributed by atoms with Crippen LogP contribution in [0, 0.1) is 18.8 Å². The van der Waals surface area contributed by atoms with Gasteiger partial charge < -0.3 is 18.8 Å². The van der Waals surface area contributed by atoms with Crippen molar-refractivity contribution in [3.05, 3.63) is 59.7 Å². The Bertz CT molecular complexity index is 996. The molecule has 236 valence electrons. The molecule has 2 aromatic rings. The van der Waals surface area contributed by atoms with E-state index in [0.29, 0.717) is 0 Å². The highest BCUT2D eigenvalue weighted by Gasteiger charge is 2.30. The number of benzene rings is 2. The second kappa shape index (κ2) is 16.7. The highest BCUT2D eigenvalue weighted by atomic mass is 15.4. The van der Waals surface area contributed by atoms with Gasteiger partial charge in [0.1, 0.15) is 0 Å². The molecule has 0 bridgehead atoms. The lowest BCUT2D eigenvalue weighted by atomic mass is 9.98. The molecule has 2 aliphatic heterocycles. The molecule has 0 aliphatic carbocycles. The van der Waals surface area contributed by atoms with Crippen molar-refractivity contribution in [2.45, 2.75) is 80.1 Å². The van der Waals surface area contributed by atoms with Crippen LogP contribution in [0.1, 0.15) is 77.8 Å². The largest absolute Gasteiger partial charge is 0.360 e. The van der Waals surface area contributed by atoms with Crippen LogP contribution >= 0.6 is 0 Å². The second-order valence-electron chi connectivity index (χ2n) is 14.7. The topological polar surface area (TPSA) is 6.48 Å². The third kappa shape index (κ3) is 11.2. The molecule has 4 heteroatoms. The van der Waals surface area contributed by atoms with Gasteiger partial charge in [0.15, 0.2) is 0 Å². The monoisotopic (exact) mass is 579 g/mol. The van der Waals surface area contributed by atoms with E-state index in [1.165, 1.54) is 135 Å². The molecule has 0 amide bonds. The molecule has 0 spiro atoms. The fourth-order valence-electron chi connectivity index (χ4n) is 6.83. The molecule has 0 saturated carbocycles. The minimum atomic E-state index is 0.838. The Kier molecular flexibility index (Phi) is 13.7. The van der Waals surface area contributed by atoms with Crippen molar-refractivity contribution >= 4 is 11.4 Å². The predicted molar refractivity (Wildman–Crippen MR) is 186 cm³/mol. The average Bonchev–Trinajstić information content (AvgIpc) is 2.97. The molecular formula is C38H66N4+2. The quantitative estimate of drug-likeness (QED) is 0.235. The van der Waals surface area contributed by atoms with Gasteiger partial charge in [0.05, 0.1) is 79.5 Å². The van der Waals surface area contributed by atoms with E-state index in [1.807, 2.05) is 0 Å². The van der Waals surface area contributed by atoms with E-state index >= 15 is 0 Å². The summed E-state index contributed by atoms with van der Waals surface area (Å²) in [7, 11) is 4.87. The van der Waals surface area contributed by atoms with Crippen LogP contribution in [0.4, 0.5) is 11.4 Å². The Hall–Kier alpha value is -2.04. The van der Waals surface area contributed by atoms with Gasteiger partial charge >= 0.3 is 0 Å². The standard InChI is InChI=1S/C23H41N2.C15H25N2/c1-6-7-8-22-11-13-23(14-12-22)24-15-17-25(5,18-16-24)19-21(4)10-9-20(2)3;1-4-11-17(3)12-9-16(10-13-17)15-7-5-14(2)6-8-15/h11-14,20-21H,6-10,15-19H2,1-5H3;5-8H,4,9-13H2,1-3H3/q2*+1. The minimum Gasteiger partial charge on any atom is -0.360 e. The summed E-state index contributed by atoms with van der Waals surface area (Å²) in [4.78, 5) is 5.11. The lowest BCUT2D eigenvalue weighted by Gasteiger charge is -2.44. The van der Waals surface area contributed by atoms with Crippen LogP contribution in [0.15, 0.2) is 48.5 Å². The van der Waals surface area contributed by atoms with E-state index in [1.54, 1.807) is 0 Å². The number of anilines is 2. The van der Waals surface area contributed by atoms with Crippen molar-refractivity contribution in [3.63, 3.8) is 0 Å². The molecule has 0 N–H and O–H groups in total. The van der Waals surface area contributed by atoms with Crippen molar-refractivity contribution in [1.29, 1.82) is 0 Å². The summed E-state index contributed by atoms with van der Waals surface area (Å²) in [6, 6.07) is 18.3. The Morgan fingerprint density at radius 2 is 1.17 bits per heavy atom. The number of piperazine rings is 2. The van der Waals surface area contributed by atoms with Crippen molar-refractivity contribution in [2.75, 3.05) is 89.3 Å². The number of rotatable bonds is 12. The summed E-state index contributed by atoms with van der Waals surface area (Å²) in [5.41, 5.74) is 5.64. The fraction of sp³-hybridized carbons (Fsp3) is 0.684. The summed E-state index contributed by atoms with van der Waals surface area (Å²) < 4.78 is 2.50. The SMILES string of the molecule is CCCCc1ccc(N2CC[N+](C)(CC(C)CCC(C)C)CC2)cc1.CCC[N+]1(C)CCN(c2ccc(C)cc2)CC1. The maximum atomic E-state index is 2.59. The number of unbranched alkanes of at least 4 members (excludes halogenated alkanes) is 1. The van der Waals surface area contributed by atoms with Crippen LogP contribution in [0.25, 0.3) is 0 Å². The lowest BCUT2D eigenvalue weighted by molar-refractivity contribution is -0.913. The molecular weight excluding hydrogens is 512 g/mol. The summed E-state index contributed by atoms with van der Waals surface area (Å²) in [5.74, 6) is 1.68. The Labute approximate surface area is 260 Å². The first-order valence-electron chi connectivity index (χ1n) is 17.4. The van der Waals surface area contributed by atoms with Gasteiger partial charge in [-0.2, -0.15) is 0 Å². The smallest absolute Gasteiger partial charge is 0.0963 e. The van der Waals surface area contributed by atoms with Crippen molar-refractivity contribution in [3.8, 4) is 0 Å². The van der Waals surface area contributed by atoms with Crippen LogP contribution < -0.4 is 9.80 Å². The lowest BCUT2D eigenvalue weighted by Crippen LogP contribution is -2.58. The number of hydrogen-bond acceptors (Lipinski definition) is 2. The summed E-state index contributed by atoms with van der Waals surface area (Å²) in [6.07, 6.45) is 7.85. The van der Waals surface area contributed by atoms with Crippen LogP contribution in [0.2, 0.25) is 0 Å². The first-order chi connectivity index (χ1) is 20.0. The molecule has 4 nitrogen and oxygen atoms in total. The number of hydrogen-bond donors (Lipinski definition) is 0. The van der Waals surface area contributed by atoms with Gasteiger partial charge in [-0.1, -0.05) is 77.3 Å². The zero-order valence-corrected chi connectivity index (χ0v) is 28.9. The minimum absolute atomic E-state index is 0.838. The summed E-state index contributed by atoms with van der Waals surface area (Å²) in [6.45, 7) is 26.4. The predicted octanol–water partition coefficient (Wildman–Crippen LogP) is 8.04. The van der Waals surface area contributed by atoms with Crippen molar-refractivity contribution in [2.24, 2.45) is 11.8 Å². The Morgan fingerprint density at radius 3 is 1.64 bits per heavy atom. The van der Waals surface area contributed by atoms with Crippen LogP contribution in [-0.2, 0) is 6.42 Å². The van der Waals surface area contributed by atoms with E-state index in [4.69, 9.17) is 0 Å². The molecule has 42 heavy (non-hydrogen) atoms. The molecule has 0 radical (unpaired) electrons. The van der Waals surface area contributed by atoms with Gasteiger partial charge in [-0.05, 0) is 68.4 Å². The number of aryl methyl sites for hydroxylation is 2. The molecule has 4 rings (SSSR count). The van der Waals surface area contributed by atoms with Gasteiger partial charge in [-0.15, -0.1) is 0 Å². The van der Waals surface area contributed by atoms with E-state index < -0.39 is 0 Å². The van der Waals surface area contributed by atoms with E-state index in [0.717, 1.165) is 11.8 Å². The maximum absolute atomic E-state index is 2.59. The van der Waals surface area contributed by atoms with Crippen LogP contribution in [0.5, 0.6) is 0 Å². The third-order valence-electron chi connectivity index (χ3n) is 9.91. The Morgan fingerprint density at radius 1 is 0.667 bits per heavy atom. The van der Waals surface area contributed by atoms with E-state index in [-0.39, 0.29) is 0 Å². The molecule has 1 atom stereocenters. The number of likely N-dealkylation sites (N-methyl/N-ethyl adjacent to an activating group) is 2. The first kappa shape index (κ1) is 34.5. The molecule has 2 heterocycles. The molecule has 2 aromatic carbocycles. The average molecular weight is 579 g/mol. The zero-order chi connectivity index (χ0) is 30.6. The van der Waals surface area contributed by atoms with Gasteiger partial charge in [-0.3, -0.25) is 0 Å². The fourth-order valence-corrected chi connectivity index (χ4v) is 6.83. The van der Waals surface area contributed by atoms with Gasteiger partial charge in [0.2, 0.25) is 0 Å². The molecule has 2 fully saturated rings. The molecule has 2 aliphatic rings.